The lowest BCUT2D eigenvalue weighted by Crippen LogP contribution is -2.43. The topological polar surface area (TPSA) is 105 Å². The largest absolute Gasteiger partial charge is 0.326 e. The first-order valence-corrected chi connectivity index (χ1v) is 10.5. The SMILES string of the molecule is Cc1ccc(NC(=O)[C@@H]2CCCN(S(=O)(=O)c3cccc4nonc34)C2)cc1. The third kappa shape index (κ3) is 3.50. The van der Waals surface area contributed by atoms with E-state index in [1.165, 1.54) is 10.4 Å². The van der Waals surface area contributed by atoms with E-state index in [-0.39, 0.29) is 22.9 Å². The van der Waals surface area contributed by atoms with E-state index in [0.29, 0.717) is 30.6 Å². The Morgan fingerprint density at radius 1 is 1.18 bits per heavy atom. The van der Waals surface area contributed by atoms with Gasteiger partial charge in [-0.25, -0.2) is 13.0 Å². The van der Waals surface area contributed by atoms with Crippen molar-refractivity contribution in [1.29, 1.82) is 0 Å². The number of nitrogens with one attached hydrogen (secondary N) is 1. The first kappa shape index (κ1) is 18.6. The highest BCUT2D eigenvalue weighted by molar-refractivity contribution is 7.89. The molecule has 0 saturated carbocycles. The van der Waals surface area contributed by atoms with Crippen LogP contribution >= 0.6 is 0 Å². The van der Waals surface area contributed by atoms with E-state index in [2.05, 4.69) is 20.3 Å². The van der Waals surface area contributed by atoms with E-state index in [1.54, 1.807) is 12.1 Å². The molecule has 4 rings (SSSR count). The average molecular weight is 400 g/mol. The maximum Gasteiger partial charge on any atom is 0.245 e. The molecule has 1 aliphatic heterocycles. The molecule has 8 nitrogen and oxygen atoms in total. The van der Waals surface area contributed by atoms with E-state index in [4.69, 9.17) is 0 Å². The van der Waals surface area contributed by atoms with Gasteiger partial charge in [0.05, 0.1) is 5.92 Å². The average Bonchev–Trinajstić information content (AvgIpc) is 3.18. The van der Waals surface area contributed by atoms with Gasteiger partial charge >= 0.3 is 0 Å². The number of sulfonamides is 1. The first-order chi connectivity index (χ1) is 13.4. The molecular formula is C19H20N4O4S. The molecule has 1 aromatic heterocycles. The second-order valence-electron chi connectivity index (χ2n) is 6.95. The zero-order valence-electron chi connectivity index (χ0n) is 15.3. The van der Waals surface area contributed by atoms with Crippen molar-refractivity contribution in [2.75, 3.05) is 18.4 Å². The van der Waals surface area contributed by atoms with Crippen LogP contribution in [-0.4, -0.2) is 42.0 Å². The molecule has 1 aliphatic rings. The summed E-state index contributed by atoms with van der Waals surface area (Å²) < 4.78 is 32.3. The van der Waals surface area contributed by atoms with Crippen LogP contribution in [-0.2, 0) is 14.8 Å². The van der Waals surface area contributed by atoms with Crippen LogP contribution in [0.4, 0.5) is 5.69 Å². The fraction of sp³-hybridized carbons (Fsp3) is 0.316. The van der Waals surface area contributed by atoms with Gasteiger partial charge in [0.15, 0.2) is 5.52 Å². The van der Waals surface area contributed by atoms with Crippen LogP contribution in [0.25, 0.3) is 11.0 Å². The summed E-state index contributed by atoms with van der Waals surface area (Å²) in [6.07, 6.45) is 1.25. The van der Waals surface area contributed by atoms with Crippen molar-refractivity contribution in [3.05, 3.63) is 48.0 Å². The van der Waals surface area contributed by atoms with Gasteiger partial charge < -0.3 is 5.32 Å². The highest BCUT2D eigenvalue weighted by atomic mass is 32.2. The molecule has 1 saturated heterocycles. The molecule has 0 radical (unpaired) electrons. The summed E-state index contributed by atoms with van der Waals surface area (Å²) in [5, 5.41) is 10.3. The van der Waals surface area contributed by atoms with Crippen LogP contribution in [0, 0.1) is 12.8 Å². The second-order valence-corrected chi connectivity index (χ2v) is 8.85. The summed E-state index contributed by atoms with van der Waals surface area (Å²) >= 11 is 0. The van der Waals surface area contributed by atoms with E-state index in [1.807, 2.05) is 31.2 Å². The monoisotopic (exact) mass is 400 g/mol. The highest BCUT2D eigenvalue weighted by Crippen LogP contribution is 2.28. The van der Waals surface area contributed by atoms with Crippen molar-refractivity contribution < 1.29 is 17.8 Å². The normalized spacial score (nSPS) is 18.2. The third-order valence-corrected chi connectivity index (χ3v) is 6.84. The van der Waals surface area contributed by atoms with Crippen molar-refractivity contribution >= 4 is 32.7 Å². The number of rotatable bonds is 4. The zero-order valence-corrected chi connectivity index (χ0v) is 16.1. The molecule has 9 heteroatoms. The third-order valence-electron chi connectivity index (χ3n) is 4.94. The Morgan fingerprint density at radius 3 is 2.75 bits per heavy atom. The van der Waals surface area contributed by atoms with Crippen molar-refractivity contribution in [2.24, 2.45) is 5.92 Å². The Morgan fingerprint density at radius 2 is 1.96 bits per heavy atom. The minimum atomic E-state index is -3.81. The molecule has 1 amide bonds. The van der Waals surface area contributed by atoms with E-state index in [9.17, 15) is 13.2 Å². The summed E-state index contributed by atoms with van der Waals surface area (Å²) in [6, 6.07) is 12.2. The van der Waals surface area contributed by atoms with E-state index in [0.717, 1.165) is 5.56 Å². The van der Waals surface area contributed by atoms with Crippen LogP contribution in [0.15, 0.2) is 52.0 Å². The number of amides is 1. The van der Waals surface area contributed by atoms with Gasteiger partial charge in [-0.15, -0.1) is 0 Å². The highest BCUT2D eigenvalue weighted by Gasteiger charge is 2.34. The lowest BCUT2D eigenvalue weighted by molar-refractivity contribution is -0.120. The predicted molar refractivity (Wildman–Crippen MR) is 103 cm³/mol. The molecule has 1 N–H and O–H groups in total. The summed E-state index contributed by atoms with van der Waals surface area (Å²) in [5.41, 5.74) is 2.39. The molecule has 0 spiro atoms. The van der Waals surface area contributed by atoms with Crippen LogP contribution in [0.2, 0.25) is 0 Å². The number of hydrogen-bond acceptors (Lipinski definition) is 6. The molecule has 1 atom stereocenters. The van der Waals surface area contributed by atoms with Gasteiger partial charge in [-0.05, 0) is 54.3 Å². The zero-order chi connectivity index (χ0) is 19.7. The van der Waals surface area contributed by atoms with E-state index < -0.39 is 15.9 Å². The minimum Gasteiger partial charge on any atom is -0.326 e. The molecule has 2 aromatic carbocycles. The summed E-state index contributed by atoms with van der Waals surface area (Å²) in [4.78, 5) is 12.7. The fourth-order valence-electron chi connectivity index (χ4n) is 3.38. The first-order valence-electron chi connectivity index (χ1n) is 9.04. The predicted octanol–water partition coefficient (Wildman–Crippen LogP) is 2.57. The molecule has 0 unspecified atom stereocenters. The molecule has 1 fully saturated rings. The number of nitrogens with zero attached hydrogens (tertiary/aromatic N) is 3. The van der Waals surface area contributed by atoms with Gasteiger partial charge in [-0.3, -0.25) is 4.79 Å². The van der Waals surface area contributed by atoms with E-state index >= 15 is 0 Å². The number of benzene rings is 2. The summed E-state index contributed by atoms with van der Waals surface area (Å²) in [6.45, 7) is 2.46. The Bertz CT molecular complexity index is 1110. The summed E-state index contributed by atoms with van der Waals surface area (Å²) in [7, 11) is -3.81. The molecule has 146 valence electrons. The van der Waals surface area contributed by atoms with Crippen LogP contribution < -0.4 is 5.32 Å². The number of anilines is 1. The Kier molecular flexibility index (Phi) is 4.86. The summed E-state index contributed by atoms with van der Waals surface area (Å²) in [5.74, 6) is -0.593. The van der Waals surface area contributed by atoms with Crippen LogP contribution in [0.3, 0.4) is 0 Å². The minimum absolute atomic E-state index is 0.0471. The van der Waals surface area contributed by atoms with Crippen molar-refractivity contribution in [3.8, 4) is 0 Å². The number of aromatic nitrogens is 2. The van der Waals surface area contributed by atoms with Gasteiger partial charge in [0.25, 0.3) is 0 Å². The maximum atomic E-state index is 13.1. The number of carbonyl (C=O) groups excluding carboxylic acids is 1. The van der Waals surface area contributed by atoms with Crippen molar-refractivity contribution in [3.63, 3.8) is 0 Å². The lowest BCUT2D eigenvalue weighted by atomic mass is 9.98. The van der Waals surface area contributed by atoms with Gasteiger partial charge in [0.2, 0.25) is 15.9 Å². The maximum absolute atomic E-state index is 13.1. The molecule has 0 bridgehead atoms. The van der Waals surface area contributed by atoms with Crippen LogP contribution in [0.1, 0.15) is 18.4 Å². The number of fused-ring (bicyclic) bond motifs is 1. The van der Waals surface area contributed by atoms with Crippen molar-refractivity contribution in [2.45, 2.75) is 24.7 Å². The quantitative estimate of drug-likeness (QED) is 0.722. The number of hydrogen-bond donors (Lipinski definition) is 1. The van der Waals surface area contributed by atoms with Gasteiger partial charge in [-0.1, -0.05) is 23.8 Å². The number of piperidine rings is 1. The lowest BCUT2D eigenvalue weighted by Gasteiger charge is -2.31. The number of aryl methyl sites for hydroxylation is 1. The molecule has 3 aromatic rings. The molecule has 28 heavy (non-hydrogen) atoms. The Hall–Kier alpha value is -2.78. The number of carbonyl (C=O) groups is 1. The molecule has 2 heterocycles. The molecular weight excluding hydrogens is 380 g/mol. The Balaban J connectivity index is 1.53. The van der Waals surface area contributed by atoms with Gasteiger partial charge in [-0.2, -0.15) is 4.31 Å². The standard InChI is InChI=1S/C19H20N4O4S/c1-13-7-9-15(10-8-13)20-19(24)14-4-3-11-23(12-14)28(25,26)17-6-2-5-16-18(17)22-27-21-16/h2,5-10,14H,3-4,11-12H2,1H3,(H,20,24)/t14-/m1/s1. The fourth-order valence-corrected chi connectivity index (χ4v) is 5.05. The van der Waals surface area contributed by atoms with Crippen molar-refractivity contribution in [1.82, 2.24) is 14.6 Å². The van der Waals surface area contributed by atoms with Crippen LogP contribution in [0.5, 0.6) is 0 Å². The second kappa shape index (κ2) is 7.33. The smallest absolute Gasteiger partial charge is 0.245 e. The Labute approximate surface area is 162 Å². The van der Waals surface area contributed by atoms with Gasteiger partial charge in [0.1, 0.15) is 10.4 Å². The molecule has 0 aliphatic carbocycles. The van der Waals surface area contributed by atoms with Gasteiger partial charge in [0, 0.05) is 18.8 Å².